The lowest BCUT2D eigenvalue weighted by atomic mass is 10.00. The molecule has 0 aliphatic heterocycles. The molecule has 0 amide bonds. The predicted molar refractivity (Wildman–Crippen MR) is 63.3 cm³/mol. The SMILES string of the molecule is CCC[C@@H](NC)C(=O)c1ccc(C)cc1. The van der Waals surface area contributed by atoms with Gasteiger partial charge in [0, 0.05) is 5.56 Å². The van der Waals surface area contributed by atoms with Crippen LogP contribution in [-0.4, -0.2) is 18.9 Å². The first kappa shape index (κ1) is 11.9. The summed E-state index contributed by atoms with van der Waals surface area (Å²) in [6.07, 6.45) is 1.91. The van der Waals surface area contributed by atoms with E-state index in [0.717, 1.165) is 18.4 Å². The van der Waals surface area contributed by atoms with Crippen molar-refractivity contribution in [2.75, 3.05) is 7.05 Å². The first-order valence-electron chi connectivity index (χ1n) is 5.47. The molecule has 0 unspecified atom stereocenters. The summed E-state index contributed by atoms with van der Waals surface area (Å²) in [7, 11) is 1.84. The second-order valence-electron chi connectivity index (χ2n) is 3.86. The Balaban J connectivity index is 2.78. The monoisotopic (exact) mass is 205 g/mol. The Kier molecular flexibility index (Phi) is 4.50. The molecule has 1 rings (SSSR count). The summed E-state index contributed by atoms with van der Waals surface area (Å²) < 4.78 is 0. The minimum absolute atomic E-state index is 0.0438. The van der Waals surface area contributed by atoms with Crippen LogP contribution in [0.25, 0.3) is 0 Å². The van der Waals surface area contributed by atoms with E-state index in [0.29, 0.717) is 0 Å². The minimum Gasteiger partial charge on any atom is -0.310 e. The van der Waals surface area contributed by atoms with Crippen LogP contribution in [0.4, 0.5) is 0 Å². The van der Waals surface area contributed by atoms with Crippen molar-refractivity contribution in [1.82, 2.24) is 5.32 Å². The summed E-state index contributed by atoms with van der Waals surface area (Å²) >= 11 is 0. The van der Waals surface area contributed by atoms with Crippen molar-refractivity contribution in [1.29, 1.82) is 0 Å². The van der Waals surface area contributed by atoms with Gasteiger partial charge in [0.2, 0.25) is 0 Å². The maximum atomic E-state index is 12.0. The molecule has 15 heavy (non-hydrogen) atoms. The lowest BCUT2D eigenvalue weighted by Gasteiger charge is -2.13. The van der Waals surface area contributed by atoms with Crippen molar-refractivity contribution >= 4 is 5.78 Å². The van der Waals surface area contributed by atoms with Gasteiger partial charge in [0.25, 0.3) is 0 Å². The molecule has 1 aromatic carbocycles. The van der Waals surface area contributed by atoms with Crippen LogP contribution in [0.1, 0.15) is 35.7 Å². The first-order chi connectivity index (χ1) is 7.19. The molecule has 0 aromatic heterocycles. The highest BCUT2D eigenvalue weighted by Gasteiger charge is 2.16. The Morgan fingerprint density at radius 3 is 2.40 bits per heavy atom. The molecule has 0 fully saturated rings. The van der Waals surface area contributed by atoms with Gasteiger partial charge in [-0.25, -0.2) is 0 Å². The second-order valence-corrected chi connectivity index (χ2v) is 3.86. The molecule has 0 saturated carbocycles. The van der Waals surface area contributed by atoms with E-state index < -0.39 is 0 Å². The Bertz CT molecular complexity index is 316. The maximum absolute atomic E-state index is 12.0. The van der Waals surface area contributed by atoms with Crippen LogP contribution in [0, 0.1) is 6.92 Å². The summed E-state index contributed by atoms with van der Waals surface area (Å²) in [5.74, 6) is 0.194. The number of likely N-dealkylation sites (N-methyl/N-ethyl adjacent to an activating group) is 1. The minimum atomic E-state index is -0.0438. The van der Waals surface area contributed by atoms with Crippen LogP contribution >= 0.6 is 0 Å². The third-order valence-electron chi connectivity index (χ3n) is 2.58. The van der Waals surface area contributed by atoms with E-state index in [1.165, 1.54) is 5.56 Å². The number of nitrogens with one attached hydrogen (secondary N) is 1. The molecule has 0 saturated heterocycles. The average Bonchev–Trinajstić information content (AvgIpc) is 2.26. The normalized spacial score (nSPS) is 12.5. The zero-order chi connectivity index (χ0) is 11.3. The fourth-order valence-corrected chi connectivity index (χ4v) is 1.61. The molecule has 0 heterocycles. The van der Waals surface area contributed by atoms with Crippen LogP contribution < -0.4 is 5.32 Å². The molecular formula is C13H19NO. The lowest BCUT2D eigenvalue weighted by Crippen LogP contribution is -2.33. The molecule has 1 N–H and O–H groups in total. The van der Waals surface area contributed by atoms with Gasteiger partial charge in [-0.15, -0.1) is 0 Å². The molecule has 1 aromatic rings. The van der Waals surface area contributed by atoms with Crippen molar-refractivity contribution < 1.29 is 4.79 Å². The smallest absolute Gasteiger partial charge is 0.179 e. The van der Waals surface area contributed by atoms with Gasteiger partial charge in [-0.3, -0.25) is 4.79 Å². The number of Topliss-reactive ketones (excluding diaryl/α,β-unsaturated/α-hetero) is 1. The lowest BCUT2D eigenvalue weighted by molar-refractivity contribution is 0.0942. The fraction of sp³-hybridized carbons (Fsp3) is 0.462. The zero-order valence-corrected chi connectivity index (χ0v) is 9.71. The van der Waals surface area contributed by atoms with Gasteiger partial charge in [-0.05, 0) is 20.4 Å². The first-order valence-corrected chi connectivity index (χ1v) is 5.47. The van der Waals surface area contributed by atoms with E-state index in [9.17, 15) is 4.79 Å². The molecule has 0 radical (unpaired) electrons. The van der Waals surface area contributed by atoms with E-state index in [2.05, 4.69) is 12.2 Å². The largest absolute Gasteiger partial charge is 0.310 e. The third-order valence-corrected chi connectivity index (χ3v) is 2.58. The van der Waals surface area contributed by atoms with Crippen molar-refractivity contribution in [2.45, 2.75) is 32.7 Å². The van der Waals surface area contributed by atoms with Gasteiger partial charge in [-0.1, -0.05) is 43.2 Å². The Hall–Kier alpha value is -1.15. The molecule has 2 nitrogen and oxygen atoms in total. The Morgan fingerprint density at radius 1 is 1.33 bits per heavy atom. The maximum Gasteiger partial charge on any atom is 0.179 e. The Morgan fingerprint density at radius 2 is 1.93 bits per heavy atom. The molecule has 0 bridgehead atoms. The quantitative estimate of drug-likeness (QED) is 0.748. The predicted octanol–water partition coefficient (Wildman–Crippen LogP) is 2.57. The van der Waals surface area contributed by atoms with E-state index in [1.54, 1.807) is 0 Å². The summed E-state index contributed by atoms with van der Waals surface area (Å²) in [5.41, 5.74) is 1.98. The number of rotatable bonds is 5. The number of hydrogen-bond donors (Lipinski definition) is 1. The van der Waals surface area contributed by atoms with Crippen LogP contribution in [0.3, 0.4) is 0 Å². The third kappa shape index (κ3) is 3.17. The van der Waals surface area contributed by atoms with Gasteiger partial charge in [-0.2, -0.15) is 0 Å². The van der Waals surface area contributed by atoms with Gasteiger partial charge in [0.1, 0.15) is 0 Å². The number of carbonyl (C=O) groups is 1. The van der Waals surface area contributed by atoms with E-state index in [-0.39, 0.29) is 11.8 Å². The van der Waals surface area contributed by atoms with Crippen molar-refractivity contribution in [3.63, 3.8) is 0 Å². The molecule has 0 aliphatic carbocycles. The summed E-state index contributed by atoms with van der Waals surface area (Å²) in [4.78, 5) is 12.0. The molecule has 1 atom stereocenters. The standard InChI is InChI=1S/C13H19NO/c1-4-5-12(14-3)13(15)11-8-6-10(2)7-9-11/h6-9,12,14H,4-5H2,1-3H3/t12-/m1/s1. The molecule has 0 aliphatic rings. The molecule has 2 heteroatoms. The number of ketones is 1. The van der Waals surface area contributed by atoms with E-state index in [1.807, 2.05) is 38.2 Å². The zero-order valence-electron chi connectivity index (χ0n) is 9.71. The number of aryl methyl sites for hydroxylation is 1. The van der Waals surface area contributed by atoms with E-state index >= 15 is 0 Å². The van der Waals surface area contributed by atoms with Crippen LogP contribution in [0.15, 0.2) is 24.3 Å². The molecule has 0 spiro atoms. The Labute approximate surface area is 91.7 Å². The highest BCUT2D eigenvalue weighted by atomic mass is 16.1. The van der Waals surface area contributed by atoms with Crippen LogP contribution in [-0.2, 0) is 0 Å². The van der Waals surface area contributed by atoms with Gasteiger partial charge in [0.15, 0.2) is 5.78 Å². The van der Waals surface area contributed by atoms with Crippen LogP contribution in [0.2, 0.25) is 0 Å². The van der Waals surface area contributed by atoms with Crippen molar-refractivity contribution in [2.24, 2.45) is 0 Å². The van der Waals surface area contributed by atoms with Crippen molar-refractivity contribution in [3.05, 3.63) is 35.4 Å². The number of hydrogen-bond acceptors (Lipinski definition) is 2. The second kappa shape index (κ2) is 5.66. The molecular weight excluding hydrogens is 186 g/mol. The van der Waals surface area contributed by atoms with Crippen molar-refractivity contribution in [3.8, 4) is 0 Å². The topological polar surface area (TPSA) is 29.1 Å². The highest BCUT2D eigenvalue weighted by molar-refractivity contribution is 6.00. The summed E-state index contributed by atoms with van der Waals surface area (Å²) in [6, 6.07) is 7.71. The van der Waals surface area contributed by atoms with Gasteiger partial charge >= 0.3 is 0 Å². The van der Waals surface area contributed by atoms with E-state index in [4.69, 9.17) is 0 Å². The van der Waals surface area contributed by atoms with Gasteiger partial charge in [0.05, 0.1) is 6.04 Å². The molecule has 82 valence electrons. The average molecular weight is 205 g/mol. The van der Waals surface area contributed by atoms with Gasteiger partial charge < -0.3 is 5.32 Å². The fourth-order valence-electron chi connectivity index (χ4n) is 1.61. The highest BCUT2D eigenvalue weighted by Crippen LogP contribution is 2.09. The number of benzene rings is 1. The summed E-state index contributed by atoms with van der Waals surface area (Å²) in [5, 5.41) is 3.07. The summed E-state index contributed by atoms with van der Waals surface area (Å²) in [6.45, 7) is 4.11. The van der Waals surface area contributed by atoms with Crippen LogP contribution in [0.5, 0.6) is 0 Å². The number of carbonyl (C=O) groups excluding carboxylic acids is 1.